The molecule has 1 amide bonds. The fraction of sp³-hybridized carbons (Fsp3) is 0.400. The SMILES string of the molecule is CCc1ccc(C(=O)N2CCc3cc(OC)c(OC)cc3[C@@H]2CC(=O)O)o1. The van der Waals surface area contributed by atoms with Crippen LogP contribution in [0.15, 0.2) is 28.7 Å². The summed E-state index contributed by atoms with van der Waals surface area (Å²) in [7, 11) is 3.08. The second kappa shape index (κ2) is 7.73. The Kier molecular flexibility index (Phi) is 5.39. The van der Waals surface area contributed by atoms with Crippen LogP contribution >= 0.6 is 0 Å². The topological polar surface area (TPSA) is 89.2 Å². The summed E-state index contributed by atoms with van der Waals surface area (Å²) in [5.74, 6) is 0.759. The summed E-state index contributed by atoms with van der Waals surface area (Å²) in [6.07, 6.45) is 1.08. The number of aryl methyl sites for hydroxylation is 1. The van der Waals surface area contributed by atoms with E-state index in [0.717, 1.165) is 16.9 Å². The molecule has 1 aromatic heterocycles. The molecule has 1 aliphatic heterocycles. The number of carboxylic acid groups (broad SMARTS) is 1. The summed E-state index contributed by atoms with van der Waals surface area (Å²) in [6.45, 7) is 2.35. The lowest BCUT2D eigenvalue weighted by Crippen LogP contribution is -2.41. The number of carbonyl (C=O) groups is 2. The molecule has 0 saturated heterocycles. The van der Waals surface area contributed by atoms with E-state index in [2.05, 4.69) is 0 Å². The molecule has 0 unspecified atom stereocenters. The Morgan fingerprint density at radius 1 is 1.22 bits per heavy atom. The third kappa shape index (κ3) is 3.63. The van der Waals surface area contributed by atoms with Crippen LogP contribution < -0.4 is 9.47 Å². The minimum absolute atomic E-state index is 0.199. The number of carbonyl (C=O) groups excluding carboxylic acids is 1. The number of hydrogen-bond donors (Lipinski definition) is 1. The minimum atomic E-state index is -0.978. The van der Waals surface area contributed by atoms with Gasteiger partial charge in [0.1, 0.15) is 5.76 Å². The van der Waals surface area contributed by atoms with Crippen molar-refractivity contribution in [2.24, 2.45) is 0 Å². The van der Waals surface area contributed by atoms with Crippen LogP contribution in [0.3, 0.4) is 0 Å². The van der Waals surface area contributed by atoms with Crippen molar-refractivity contribution in [3.05, 3.63) is 46.9 Å². The third-order valence-corrected chi connectivity index (χ3v) is 4.85. The molecule has 0 aliphatic carbocycles. The Labute approximate surface area is 157 Å². The van der Waals surface area contributed by atoms with Gasteiger partial charge >= 0.3 is 5.97 Å². The number of ether oxygens (including phenoxy) is 2. The number of amides is 1. The Balaban J connectivity index is 2.01. The van der Waals surface area contributed by atoms with Gasteiger partial charge < -0.3 is 23.9 Å². The molecule has 1 atom stereocenters. The first-order valence-corrected chi connectivity index (χ1v) is 8.84. The molecule has 144 valence electrons. The van der Waals surface area contributed by atoms with Crippen LogP contribution in [0.2, 0.25) is 0 Å². The van der Waals surface area contributed by atoms with Crippen LogP contribution in [0.1, 0.15) is 46.8 Å². The van der Waals surface area contributed by atoms with Crippen molar-refractivity contribution in [1.29, 1.82) is 0 Å². The molecule has 0 bridgehead atoms. The maximum Gasteiger partial charge on any atom is 0.305 e. The number of rotatable bonds is 6. The van der Waals surface area contributed by atoms with Crippen LogP contribution in [-0.2, 0) is 17.6 Å². The zero-order valence-corrected chi connectivity index (χ0v) is 15.7. The van der Waals surface area contributed by atoms with Gasteiger partial charge in [-0.15, -0.1) is 0 Å². The molecule has 0 fully saturated rings. The summed E-state index contributed by atoms with van der Waals surface area (Å²) in [4.78, 5) is 26.1. The quantitative estimate of drug-likeness (QED) is 0.837. The number of methoxy groups -OCH3 is 2. The first-order valence-electron chi connectivity index (χ1n) is 8.84. The maximum atomic E-state index is 13.0. The van der Waals surface area contributed by atoms with Gasteiger partial charge in [0.15, 0.2) is 17.3 Å². The Morgan fingerprint density at radius 2 is 1.93 bits per heavy atom. The second-order valence-electron chi connectivity index (χ2n) is 6.39. The predicted molar refractivity (Wildman–Crippen MR) is 97.4 cm³/mol. The zero-order chi connectivity index (χ0) is 19.6. The molecule has 1 aliphatic rings. The van der Waals surface area contributed by atoms with Crippen molar-refractivity contribution >= 4 is 11.9 Å². The summed E-state index contributed by atoms with van der Waals surface area (Å²) in [5, 5.41) is 9.41. The first kappa shape index (κ1) is 18.8. The molecule has 2 heterocycles. The third-order valence-electron chi connectivity index (χ3n) is 4.85. The number of hydrogen-bond acceptors (Lipinski definition) is 5. The number of benzene rings is 1. The van der Waals surface area contributed by atoms with Crippen molar-refractivity contribution in [3.8, 4) is 11.5 Å². The molecular weight excluding hydrogens is 350 g/mol. The van der Waals surface area contributed by atoms with E-state index in [1.54, 1.807) is 30.2 Å². The van der Waals surface area contributed by atoms with Crippen molar-refractivity contribution in [1.82, 2.24) is 4.90 Å². The lowest BCUT2D eigenvalue weighted by molar-refractivity contribution is -0.138. The Bertz CT molecular complexity index is 856. The van der Waals surface area contributed by atoms with Crippen LogP contribution in [0, 0.1) is 0 Å². The van der Waals surface area contributed by atoms with Gasteiger partial charge in [-0.25, -0.2) is 0 Å². The van der Waals surface area contributed by atoms with Gasteiger partial charge in [-0.05, 0) is 41.8 Å². The highest BCUT2D eigenvalue weighted by Gasteiger charge is 2.35. The molecule has 7 heteroatoms. The minimum Gasteiger partial charge on any atom is -0.493 e. The highest BCUT2D eigenvalue weighted by molar-refractivity contribution is 5.92. The molecule has 0 spiro atoms. The summed E-state index contributed by atoms with van der Waals surface area (Å²) in [5.41, 5.74) is 1.72. The van der Waals surface area contributed by atoms with Gasteiger partial charge in [0.05, 0.1) is 26.7 Å². The molecule has 27 heavy (non-hydrogen) atoms. The molecule has 1 N–H and O–H groups in total. The van der Waals surface area contributed by atoms with Crippen LogP contribution in [0.25, 0.3) is 0 Å². The lowest BCUT2D eigenvalue weighted by atomic mass is 9.89. The molecule has 2 aromatic rings. The average Bonchev–Trinajstić information content (AvgIpc) is 3.15. The van der Waals surface area contributed by atoms with E-state index in [1.807, 2.05) is 13.0 Å². The van der Waals surface area contributed by atoms with Gasteiger partial charge in [0.25, 0.3) is 5.91 Å². The Hall–Kier alpha value is -2.96. The van der Waals surface area contributed by atoms with E-state index in [1.165, 1.54) is 7.11 Å². The lowest BCUT2D eigenvalue weighted by Gasteiger charge is -2.36. The summed E-state index contributed by atoms with van der Waals surface area (Å²) >= 11 is 0. The van der Waals surface area contributed by atoms with E-state index in [0.29, 0.717) is 30.9 Å². The number of nitrogens with zero attached hydrogens (tertiary/aromatic N) is 1. The van der Waals surface area contributed by atoms with Crippen LogP contribution in [-0.4, -0.2) is 42.6 Å². The normalized spacial score (nSPS) is 16.0. The van der Waals surface area contributed by atoms with E-state index in [-0.39, 0.29) is 18.1 Å². The van der Waals surface area contributed by atoms with E-state index in [9.17, 15) is 14.7 Å². The summed E-state index contributed by atoms with van der Waals surface area (Å²) < 4.78 is 16.3. The highest BCUT2D eigenvalue weighted by atomic mass is 16.5. The molecule has 7 nitrogen and oxygen atoms in total. The second-order valence-corrected chi connectivity index (χ2v) is 6.39. The maximum absolute atomic E-state index is 13.0. The molecule has 0 saturated carbocycles. The van der Waals surface area contributed by atoms with Crippen LogP contribution in [0.5, 0.6) is 11.5 Å². The standard InChI is InChI=1S/C20H23NO6/c1-4-13-5-6-16(27-13)20(24)21-8-7-12-9-17(25-2)18(26-3)10-14(12)15(21)11-19(22)23/h5-6,9-10,15H,4,7-8,11H2,1-3H3,(H,22,23)/t15-/m0/s1. The van der Waals surface area contributed by atoms with Crippen molar-refractivity contribution in [2.75, 3.05) is 20.8 Å². The molecule has 3 rings (SSSR count). The fourth-order valence-electron chi connectivity index (χ4n) is 3.48. The van der Waals surface area contributed by atoms with Crippen molar-refractivity contribution in [2.45, 2.75) is 32.2 Å². The number of carboxylic acids is 1. The molecule has 0 radical (unpaired) electrons. The van der Waals surface area contributed by atoms with Gasteiger partial charge in [-0.3, -0.25) is 9.59 Å². The van der Waals surface area contributed by atoms with E-state index >= 15 is 0 Å². The van der Waals surface area contributed by atoms with Gasteiger partial charge in [-0.1, -0.05) is 6.92 Å². The first-order chi connectivity index (χ1) is 13.0. The van der Waals surface area contributed by atoms with E-state index in [4.69, 9.17) is 13.9 Å². The summed E-state index contributed by atoms with van der Waals surface area (Å²) in [6, 6.07) is 6.43. The van der Waals surface area contributed by atoms with Crippen molar-refractivity contribution < 1.29 is 28.6 Å². The fourth-order valence-corrected chi connectivity index (χ4v) is 3.48. The van der Waals surface area contributed by atoms with Gasteiger partial charge in [-0.2, -0.15) is 0 Å². The van der Waals surface area contributed by atoms with Gasteiger partial charge in [0.2, 0.25) is 0 Å². The zero-order valence-electron chi connectivity index (χ0n) is 15.7. The number of aliphatic carboxylic acids is 1. The van der Waals surface area contributed by atoms with Crippen molar-refractivity contribution in [3.63, 3.8) is 0 Å². The monoisotopic (exact) mass is 373 g/mol. The largest absolute Gasteiger partial charge is 0.493 e. The number of furan rings is 1. The van der Waals surface area contributed by atoms with Gasteiger partial charge in [0, 0.05) is 13.0 Å². The van der Waals surface area contributed by atoms with Crippen LogP contribution in [0.4, 0.5) is 0 Å². The molecular formula is C20H23NO6. The predicted octanol–water partition coefficient (Wildman–Crippen LogP) is 3.07. The number of fused-ring (bicyclic) bond motifs is 1. The molecule has 1 aromatic carbocycles. The highest BCUT2D eigenvalue weighted by Crippen LogP contribution is 2.40. The van der Waals surface area contributed by atoms with E-state index < -0.39 is 12.0 Å². The average molecular weight is 373 g/mol. The smallest absolute Gasteiger partial charge is 0.305 e. The Morgan fingerprint density at radius 3 is 2.52 bits per heavy atom.